The number of hydrogen-bond acceptors (Lipinski definition) is 2. The fourth-order valence-electron chi connectivity index (χ4n) is 3.13. The Bertz CT molecular complexity index is 890. The van der Waals surface area contributed by atoms with Crippen LogP contribution in [0, 0.1) is 19.7 Å². The van der Waals surface area contributed by atoms with Crippen molar-refractivity contribution in [1.82, 2.24) is 4.57 Å². The number of nitrogens with zero attached hydrogens (tertiary/aromatic N) is 1. The summed E-state index contributed by atoms with van der Waals surface area (Å²) in [5, 5.41) is 10.9. The van der Waals surface area contributed by atoms with Crippen LogP contribution in [0.1, 0.15) is 23.2 Å². The van der Waals surface area contributed by atoms with Crippen molar-refractivity contribution in [1.29, 1.82) is 0 Å². The molecule has 0 fully saturated rings. The summed E-state index contributed by atoms with van der Waals surface area (Å²) in [6, 6.07) is 16.4. The van der Waals surface area contributed by atoms with Gasteiger partial charge >= 0.3 is 0 Å². The van der Waals surface area contributed by atoms with Crippen molar-refractivity contribution in [2.75, 3.05) is 0 Å². The summed E-state index contributed by atoms with van der Waals surface area (Å²) in [5.74, 6) is -1.36. The van der Waals surface area contributed by atoms with E-state index in [1.165, 1.54) is 12.1 Å². The number of carbonyl (C=O) groups excluding carboxylic acids is 1. The van der Waals surface area contributed by atoms with E-state index in [9.17, 15) is 14.3 Å². The highest BCUT2D eigenvalue weighted by Crippen LogP contribution is 2.28. The standard InChI is InChI=1S/C21H20FNO2/c1-14-11-15(2)13-19(12-14)23-18(8-10-21(24)25)7-9-20(23)16-3-5-17(22)6-4-16/h3-7,9,11-13H,8,10H2,1-2H3,(H,24,25)/p-1. The Morgan fingerprint density at radius 2 is 1.64 bits per heavy atom. The van der Waals surface area contributed by atoms with Gasteiger partial charge in [-0.15, -0.1) is 0 Å². The van der Waals surface area contributed by atoms with E-state index in [0.29, 0.717) is 6.42 Å². The molecule has 25 heavy (non-hydrogen) atoms. The molecular weight excluding hydrogens is 317 g/mol. The predicted molar refractivity (Wildman–Crippen MR) is 94.0 cm³/mol. The van der Waals surface area contributed by atoms with E-state index in [2.05, 4.69) is 18.2 Å². The number of hydrogen-bond donors (Lipinski definition) is 0. The highest BCUT2D eigenvalue weighted by molar-refractivity contribution is 5.67. The SMILES string of the molecule is Cc1cc(C)cc(-n2c(CCC(=O)[O-])ccc2-c2ccc(F)cc2)c1. The second-order valence-electron chi connectivity index (χ2n) is 6.27. The molecular formula is C21H19FNO2-. The van der Waals surface area contributed by atoms with Crippen molar-refractivity contribution >= 4 is 5.97 Å². The maximum absolute atomic E-state index is 13.3. The molecule has 0 unspecified atom stereocenters. The van der Waals surface area contributed by atoms with Crippen LogP contribution in [0.5, 0.6) is 0 Å². The van der Waals surface area contributed by atoms with Crippen molar-refractivity contribution in [2.24, 2.45) is 0 Å². The Kier molecular flexibility index (Phi) is 4.70. The first-order chi connectivity index (χ1) is 11.9. The summed E-state index contributed by atoms with van der Waals surface area (Å²) in [4.78, 5) is 10.9. The van der Waals surface area contributed by atoms with Gasteiger partial charge in [-0.05, 0) is 91.9 Å². The van der Waals surface area contributed by atoms with E-state index in [-0.39, 0.29) is 12.2 Å². The molecule has 1 aromatic heterocycles. The van der Waals surface area contributed by atoms with Gasteiger partial charge in [0.25, 0.3) is 0 Å². The lowest BCUT2D eigenvalue weighted by Crippen LogP contribution is -2.22. The molecule has 3 nitrogen and oxygen atoms in total. The number of carbonyl (C=O) groups is 1. The molecule has 0 amide bonds. The van der Waals surface area contributed by atoms with E-state index < -0.39 is 5.97 Å². The molecule has 0 spiro atoms. The van der Waals surface area contributed by atoms with Gasteiger partial charge in [0.1, 0.15) is 5.82 Å². The molecule has 1 heterocycles. The molecule has 0 aliphatic heterocycles. The molecule has 3 rings (SSSR count). The molecule has 2 aromatic carbocycles. The van der Waals surface area contributed by atoms with Crippen LogP contribution in [-0.4, -0.2) is 10.5 Å². The number of carboxylic acid groups (broad SMARTS) is 1. The second-order valence-corrected chi connectivity index (χ2v) is 6.27. The minimum absolute atomic E-state index is 0.0440. The van der Waals surface area contributed by atoms with Gasteiger partial charge < -0.3 is 14.5 Å². The van der Waals surface area contributed by atoms with Gasteiger partial charge in [-0.25, -0.2) is 4.39 Å². The molecule has 0 aliphatic carbocycles. The van der Waals surface area contributed by atoms with Crippen LogP contribution in [0.4, 0.5) is 4.39 Å². The van der Waals surface area contributed by atoms with Gasteiger partial charge in [-0.3, -0.25) is 0 Å². The zero-order valence-electron chi connectivity index (χ0n) is 14.3. The Morgan fingerprint density at radius 1 is 1.00 bits per heavy atom. The molecule has 128 valence electrons. The van der Waals surface area contributed by atoms with Crippen molar-refractivity contribution in [2.45, 2.75) is 26.7 Å². The van der Waals surface area contributed by atoms with E-state index >= 15 is 0 Å². The number of rotatable bonds is 5. The lowest BCUT2D eigenvalue weighted by molar-refractivity contribution is -0.305. The molecule has 3 aromatic rings. The third kappa shape index (κ3) is 3.79. The Hall–Kier alpha value is -2.88. The Balaban J connectivity index is 2.15. The van der Waals surface area contributed by atoms with Gasteiger partial charge in [-0.1, -0.05) is 6.07 Å². The number of aromatic nitrogens is 1. The van der Waals surface area contributed by atoms with Crippen LogP contribution in [0.25, 0.3) is 16.9 Å². The van der Waals surface area contributed by atoms with Crippen LogP contribution >= 0.6 is 0 Å². The van der Waals surface area contributed by atoms with E-state index in [1.807, 2.05) is 30.5 Å². The highest BCUT2D eigenvalue weighted by atomic mass is 19.1. The molecule has 0 atom stereocenters. The van der Waals surface area contributed by atoms with Gasteiger partial charge in [0.15, 0.2) is 0 Å². The van der Waals surface area contributed by atoms with Crippen LogP contribution in [0.3, 0.4) is 0 Å². The van der Waals surface area contributed by atoms with E-state index in [4.69, 9.17) is 0 Å². The smallest absolute Gasteiger partial charge is 0.123 e. The largest absolute Gasteiger partial charge is 0.550 e. The summed E-state index contributed by atoms with van der Waals surface area (Å²) in [5.41, 5.74) is 5.88. The summed E-state index contributed by atoms with van der Waals surface area (Å²) < 4.78 is 15.3. The predicted octanol–water partition coefficient (Wildman–Crippen LogP) is 3.58. The van der Waals surface area contributed by atoms with Crippen LogP contribution in [0.15, 0.2) is 54.6 Å². The molecule has 4 heteroatoms. The monoisotopic (exact) mass is 336 g/mol. The normalized spacial score (nSPS) is 10.8. The first kappa shape index (κ1) is 17.0. The highest BCUT2D eigenvalue weighted by Gasteiger charge is 2.13. The van der Waals surface area contributed by atoms with Gasteiger partial charge in [0, 0.05) is 17.4 Å². The Morgan fingerprint density at radius 3 is 2.24 bits per heavy atom. The van der Waals surface area contributed by atoms with Crippen molar-refractivity contribution in [3.8, 4) is 16.9 Å². The van der Waals surface area contributed by atoms with Crippen molar-refractivity contribution < 1.29 is 14.3 Å². The molecule has 0 saturated carbocycles. The second kappa shape index (κ2) is 6.93. The third-order valence-electron chi connectivity index (χ3n) is 4.15. The average Bonchev–Trinajstić information content (AvgIpc) is 2.96. The number of benzene rings is 2. The van der Waals surface area contributed by atoms with Gasteiger partial charge in [-0.2, -0.15) is 0 Å². The topological polar surface area (TPSA) is 45.1 Å². The number of aryl methyl sites for hydroxylation is 3. The fourth-order valence-corrected chi connectivity index (χ4v) is 3.13. The first-order valence-electron chi connectivity index (χ1n) is 8.19. The molecule has 0 radical (unpaired) electrons. The molecule has 0 aliphatic rings. The van der Waals surface area contributed by atoms with E-state index in [0.717, 1.165) is 33.8 Å². The number of carboxylic acids is 1. The summed E-state index contributed by atoms with van der Waals surface area (Å²) >= 11 is 0. The Labute approximate surface area is 146 Å². The summed E-state index contributed by atoms with van der Waals surface area (Å²) in [6.45, 7) is 4.05. The lowest BCUT2D eigenvalue weighted by Gasteiger charge is -2.16. The summed E-state index contributed by atoms with van der Waals surface area (Å²) in [7, 11) is 0. The molecule has 0 saturated heterocycles. The maximum atomic E-state index is 13.3. The number of halogens is 1. The lowest BCUT2D eigenvalue weighted by atomic mass is 10.1. The summed E-state index contributed by atoms with van der Waals surface area (Å²) in [6.07, 6.45) is 0.328. The average molecular weight is 336 g/mol. The zero-order chi connectivity index (χ0) is 18.0. The van der Waals surface area contributed by atoms with Gasteiger partial charge in [0.2, 0.25) is 0 Å². The van der Waals surface area contributed by atoms with Crippen LogP contribution in [-0.2, 0) is 11.2 Å². The minimum atomic E-state index is -1.07. The van der Waals surface area contributed by atoms with Crippen LogP contribution in [0.2, 0.25) is 0 Å². The molecule has 0 N–H and O–H groups in total. The minimum Gasteiger partial charge on any atom is -0.550 e. The number of aliphatic carboxylic acids is 1. The zero-order valence-corrected chi connectivity index (χ0v) is 14.3. The third-order valence-corrected chi connectivity index (χ3v) is 4.15. The van der Waals surface area contributed by atoms with E-state index in [1.54, 1.807) is 12.1 Å². The van der Waals surface area contributed by atoms with Crippen molar-refractivity contribution in [3.05, 3.63) is 77.2 Å². The van der Waals surface area contributed by atoms with Crippen molar-refractivity contribution in [3.63, 3.8) is 0 Å². The van der Waals surface area contributed by atoms with Gasteiger partial charge in [0.05, 0.1) is 5.69 Å². The molecule has 0 bridgehead atoms. The van der Waals surface area contributed by atoms with Crippen LogP contribution < -0.4 is 5.11 Å². The maximum Gasteiger partial charge on any atom is 0.123 e. The quantitative estimate of drug-likeness (QED) is 0.715. The fraction of sp³-hybridized carbons (Fsp3) is 0.190. The first-order valence-corrected chi connectivity index (χ1v) is 8.19.